The fourth-order valence-electron chi connectivity index (χ4n) is 4.24. The minimum Gasteiger partial charge on any atom is -0.369 e. The molecule has 1 saturated carbocycles. The van der Waals surface area contributed by atoms with Gasteiger partial charge >= 0.3 is 0 Å². The molecule has 1 saturated heterocycles. The van der Waals surface area contributed by atoms with Gasteiger partial charge < -0.3 is 5.32 Å². The Labute approximate surface area is 96.4 Å². The molecule has 0 unspecified atom stereocenters. The molecule has 3 aliphatic rings. The Bertz CT molecular complexity index is 454. The first kappa shape index (κ1) is 9.06. The highest BCUT2D eigenvalue weighted by Crippen LogP contribution is 2.56. The summed E-state index contributed by atoms with van der Waals surface area (Å²) < 4.78 is 0. The lowest BCUT2D eigenvalue weighted by Crippen LogP contribution is -2.40. The van der Waals surface area contributed by atoms with Crippen LogP contribution in [-0.2, 0) is 5.41 Å². The Kier molecular flexibility index (Phi) is 1.59. The molecule has 2 fully saturated rings. The normalized spacial score (nSPS) is 39.1. The van der Waals surface area contributed by atoms with Crippen LogP contribution in [0.25, 0.3) is 0 Å². The lowest BCUT2D eigenvalue weighted by Gasteiger charge is -2.28. The summed E-state index contributed by atoms with van der Waals surface area (Å²) in [6.45, 7) is 3.37. The van der Waals surface area contributed by atoms with Crippen molar-refractivity contribution >= 4 is 5.69 Å². The number of fused-ring (bicyclic) bond motifs is 1. The highest BCUT2D eigenvalue weighted by atomic mass is 15.2. The fourth-order valence-corrected chi connectivity index (χ4v) is 4.24. The monoisotopic (exact) mass is 214 g/mol. The second-order valence-corrected chi connectivity index (χ2v) is 5.66. The Morgan fingerprint density at radius 2 is 2.31 bits per heavy atom. The zero-order chi connectivity index (χ0) is 10.8. The van der Waals surface area contributed by atoms with E-state index in [2.05, 4.69) is 35.8 Å². The van der Waals surface area contributed by atoms with Gasteiger partial charge in [0.25, 0.3) is 0 Å². The maximum absolute atomic E-state index is 3.69. The van der Waals surface area contributed by atoms with Crippen molar-refractivity contribution in [1.82, 2.24) is 5.32 Å². The van der Waals surface area contributed by atoms with E-state index in [1.54, 1.807) is 5.56 Å². The van der Waals surface area contributed by atoms with Crippen LogP contribution in [0.5, 0.6) is 0 Å². The minimum absolute atomic E-state index is 0.420. The summed E-state index contributed by atoms with van der Waals surface area (Å²) in [6, 6.07) is 6.94. The summed E-state index contributed by atoms with van der Waals surface area (Å²) >= 11 is 0. The number of anilines is 1. The molecule has 2 N–H and O–H groups in total. The molecule has 4 rings (SSSR count). The van der Waals surface area contributed by atoms with Crippen LogP contribution in [0.3, 0.4) is 0 Å². The zero-order valence-corrected chi connectivity index (χ0v) is 9.72. The largest absolute Gasteiger partial charge is 0.369 e. The van der Waals surface area contributed by atoms with Crippen molar-refractivity contribution in [2.75, 3.05) is 11.9 Å². The topological polar surface area (TPSA) is 24.1 Å². The average molecular weight is 214 g/mol. The molecule has 1 aromatic rings. The molecule has 16 heavy (non-hydrogen) atoms. The second-order valence-electron chi connectivity index (χ2n) is 5.66. The minimum atomic E-state index is 0.420. The predicted octanol–water partition coefficient (Wildman–Crippen LogP) is 2.39. The maximum Gasteiger partial charge on any atom is 0.0871 e. The van der Waals surface area contributed by atoms with E-state index in [1.165, 1.54) is 37.1 Å². The Balaban J connectivity index is 1.92. The van der Waals surface area contributed by atoms with Crippen molar-refractivity contribution in [1.29, 1.82) is 0 Å². The van der Waals surface area contributed by atoms with Gasteiger partial charge in [-0.2, -0.15) is 0 Å². The quantitative estimate of drug-likeness (QED) is 0.693. The molecule has 1 aliphatic carbocycles. The summed E-state index contributed by atoms with van der Waals surface area (Å²) in [5.74, 6) is 0.856. The molecule has 3 atom stereocenters. The molecular weight excluding hydrogens is 196 g/mol. The molecule has 0 bridgehead atoms. The Morgan fingerprint density at radius 1 is 1.38 bits per heavy atom. The number of hydrogen-bond acceptors (Lipinski definition) is 2. The van der Waals surface area contributed by atoms with Crippen molar-refractivity contribution in [3.05, 3.63) is 29.3 Å². The van der Waals surface area contributed by atoms with Crippen LogP contribution in [0.1, 0.15) is 30.4 Å². The van der Waals surface area contributed by atoms with Gasteiger partial charge in [0, 0.05) is 17.6 Å². The number of hydrogen-bond donors (Lipinski definition) is 2. The van der Waals surface area contributed by atoms with Gasteiger partial charge in [0.15, 0.2) is 0 Å². The van der Waals surface area contributed by atoms with Gasteiger partial charge in [0.1, 0.15) is 0 Å². The van der Waals surface area contributed by atoms with Gasteiger partial charge in [0.05, 0.1) is 6.17 Å². The van der Waals surface area contributed by atoms with E-state index in [4.69, 9.17) is 0 Å². The molecule has 0 amide bonds. The molecule has 0 aromatic heterocycles. The lowest BCUT2D eigenvalue weighted by molar-refractivity contribution is 0.369. The van der Waals surface area contributed by atoms with Crippen LogP contribution in [0.15, 0.2) is 18.2 Å². The van der Waals surface area contributed by atoms with Gasteiger partial charge in [0.2, 0.25) is 0 Å². The summed E-state index contributed by atoms with van der Waals surface area (Å²) in [5.41, 5.74) is 4.74. The van der Waals surface area contributed by atoms with E-state index in [9.17, 15) is 0 Å². The van der Waals surface area contributed by atoms with Gasteiger partial charge in [-0.25, -0.2) is 0 Å². The SMILES string of the molecule is Cc1ccc2c(c1)N[C@H]1NC[C@@H]3CCC[C@@]231. The smallest absolute Gasteiger partial charge is 0.0871 e. The van der Waals surface area contributed by atoms with Crippen molar-refractivity contribution in [2.24, 2.45) is 5.92 Å². The van der Waals surface area contributed by atoms with Crippen molar-refractivity contribution in [3.63, 3.8) is 0 Å². The van der Waals surface area contributed by atoms with Crippen molar-refractivity contribution in [2.45, 2.75) is 37.8 Å². The molecule has 84 valence electrons. The zero-order valence-electron chi connectivity index (χ0n) is 9.72. The van der Waals surface area contributed by atoms with Gasteiger partial charge in [-0.15, -0.1) is 0 Å². The third kappa shape index (κ3) is 0.881. The first-order valence-electron chi connectivity index (χ1n) is 6.42. The summed E-state index contributed by atoms with van der Waals surface area (Å²) in [7, 11) is 0. The van der Waals surface area contributed by atoms with Crippen molar-refractivity contribution < 1.29 is 0 Å². The van der Waals surface area contributed by atoms with Gasteiger partial charge in [-0.3, -0.25) is 5.32 Å². The Morgan fingerprint density at radius 3 is 3.25 bits per heavy atom. The van der Waals surface area contributed by atoms with Crippen LogP contribution < -0.4 is 10.6 Å². The maximum atomic E-state index is 3.69. The van der Waals surface area contributed by atoms with Crippen LogP contribution in [0.2, 0.25) is 0 Å². The van der Waals surface area contributed by atoms with Gasteiger partial charge in [-0.05, 0) is 42.9 Å². The second kappa shape index (κ2) is 2.80. The third-order valence-electron chi connectivity index (χ3n) is 4.93. The first-order chi connectivity index (χ1) is 7.80. The number of rotatable bonds is 0. The van der Waals surface area contributed by atoms with E-state index < -0.39 is 0 Å². The van der Waals surface area contributed by atoms with E-state index >= 15 is 0 Å². The van der Waals surface area contributed by atoms with E-state index in [0.717, 1.165) is 5.92 Å². The first-order valence-corrected chi connectivity index (χ1v) is 6.42. The third-order valence-corrected chi connectivity index (χ3v) is 4.93. The van der Waals surface area contributed by atoms with Crippen LogP contribution in [-0.4, -0.2) is 12.7 Å². The molecule has 2 heteroatoms. The average Bonchev–Trinajstić information content (AvgIpc) is 2.86. The summed E-state index contributed by atoms with van der Waals surface area (Å²) in [4.78, 5) is 0. The van der Waals surface area contributed by atoms with E-state index in [1.807, 2.05) is 0 Å². The van der Waals surface area contributed by atoms with Crippen LogP contribution >= 0.6 is 0 Å². The highest BCUT2D eigenvalue weighted by molar-refractivity contribution is 5.64. The van der Waals surface area contributed by atoms with Crippen LogP contribution in [0.4, 0.5) is 5.69 Å². The van der Waals surface area contributed by atoms with E-state index in [-0.39, 0.29) is 0 Å². The Hall–Kier alpha value is -1.02. The molecule has 2 aliphatic heterocycles. The molecule has 1 spiro atoms. The molecule has 1 aromatic carbocycles. The summed E-state index contributed by atoms with van der Waals surface area (Å²) in [6.07, 6.45) is 4.66. The van der Waals surface area contributed by atoms with Gasteiger partial charge in [-0.1, -0.05) is 18.6 Å². The van der Waals surface area contributed by atoms with Crippen LogP contribution in [0, 0.1) is 12.8 Å². The standard InChI is InChI=1S/C14H18N2/c1-9-4-5-11-12(7-9)16-13-14(11)6-2-3-10(14)8-15-13/h4-5,7,10,13,15-16H,2-3,6,8H2,1H3/t10-,13+,14-/m0/s1. The molecule has 0 radical (unpaired) electrons. The number of aryl methyl sites for hydroxylation is 1. The highest BCUT2D eigenvalue weighted by Gasteiger charge is 2.57. The molecule has 2 nitrogen and oxygen atoms in total. The molecular formula is C14H18N2. The predicted molar refractivity (Wildman–Crippen MR) is 65.6 cm³/mol. The summed E-state index contributed by atoms with van der Waals surface area (Å²) in [5, 5.41) is 7.35. The number of nitrogens with one attached hydrogen (secondary N) is 2. The lowest BCUT2D eigenvalue weighted by atomic mass is 9.74. The molecule has 2 heterocycles. The number of benzene rings is 1. The fraction of sp³-hybridized carbons (Fsp3) is 0.571. The van der Waals surface area contributed by atoms with E-state index in [0.29, 0.717) is 11.6 Å². The van der Waals surface area contributed by atoms with Crippen molar-refractivity contribution in [3.8, 4) is 0 Å².